The zero-order chi connectivity index (χ0) is 16.9. The van der Waals surface area contributed by atoms with E-state index in [1.54, 1.807) is 0 Å². The van der Waals surface area contributed by atoms with Crippen molar-refractivity contribution in [2.75, 3.05) is 26.2 Å². The summed E-state index contributed by atoms with van der Waals surface area (Å²) in [4.78, 5) is 5.55. The molecule has 0 radical (unpaired) electrons. The fraction of sp³-hybridized carbons (Fsp3) is 1.00. The van der Waals surface area contributed by atoms with E-state index in [1.807, 2.05) is 0 Å². The average molecular weight is 333 g/mol. The number of hydrogen-bond acceptors (Lipinski definition) is 2. The Morgan fingerprint density at radius 3 is 1.88 bits per heavy atom. The number of rotatable bonds is 4. The minimum atomic E-state index is 0.439. The molecule has 24 heavy (non-hydrogen) atoms. The predicted octanol–water partition coefficient (Wildman–Crippen LogP) is 4.79. The Morgan fingerprint density at radius 2 is 1.38 bits per heavy atom. The van der Waals surface area contributed by atoms with E-state index in [9.17, 15) is 0 Å². The first-order chi connectivity index (χ1) is 11.4. The Morgan fingerprint density at radius 1 is 0.833 bits per heavy atom. The van der Waals surface area contributed by atoms with Gasteiger partial charge in [0.2, 0.25) is 0 Å². The highest BCUT2D eigenvalue weighted by Gasteiger charge is 2.52. The monoisotopic (exact) mass is 332 g/mol. The summed E-state index contributed by atoms with van der Waals surface area (Å²) in [5, 5.41) is 0. The normalized spacial score (nSPS) is 30.9. The maximum atomic E-state index is 2.87. The van der Waals surface area contributed by atoms with Crippen LogP contribution in [-0.4, -0.2) is 47.6 Å². The van der Waals surface area contributed by atoms with Crippen molar-refractivity contribution in [2.45, 2.75) is 90.6 Å². The van der Waals surface area contributed by atoms with E-state index in [0.717, 1.165) is 29.2 Å². The van der Waals surface area contributed by atoms with Gasteiger partial charge in [-0.2, -0.15) is 0 Å². The van der Waals surface area contributed by atoms with E-state index in [2.05, 4.69) is 37.5 Å². The number of hydrogen-bond donors (Lipinski definition) is 0. The molecule has 0 unspecified atom stereocenters. The molecule has 138 valence electrons. The molecule has 0 bridgehead atoms. The van der Waals surface area contributed by atoms with E-state index in [0.29, 0.717) is 5.54 Å². The summed E-state index contributed by atoms with van der Waals surface area (Å²) in [7, 11) is 0. The molecule has 0 aromatic carbocycles. The van der Waals surface area contributed by atoms with Crippen LogP contribution in [0.2, 0.25) is 0 Å². The van der Waals surface area contributed by atoms with E-state index < -0.39 is 0 Å². The zero-order valence-electron chi connectivity index (χ0n) is 16.7. The van der Waals surface area contributed by atoms with Crippen molar-refractivity contribution in [3.63, 3.8) is 0 Å². The van der Waals surface area contributed by atoms with Crippen LogP contribution in [0.5, 0.6) is 0 Å². The van der Waals surface area contributed by atoms with Crippen molar-refractivity contribution < 1.29 is 0 Å². The molecule has 2 heteroatoms. The first kappa shape index (κ1) is 17.3. The Hall–Kier alpha value is -0.0800. The van der Waals surface area contributed by atoms with Gasteiger partial charge in [0.05, 0.1) is 0 Å². The molecular formula is C22H40N2. The molecule has 4 aliphatic rings. The minimum Gasteiger partial charge on any atom is -0.301 e. The molecule has 4 rings (SSSR count). The molecule has 2 heterocycles. The molecule has 2 aliphatic heterocycles. The first-order valence-corrected chi connectivity index (χ1v) is 10.9. The second kappa shape index (κ2) is 6.27. The molecular weight excluding hydrogens is 292 g/mol. The van der Waals surface area contributed by atoms with Gasteiger partial charge in [-0.05, 0) is 128 Å². The lowest BCUT2D eigenvalue weighted by atomic mass is 9.53. The van der Waals surface area contributed by atoms with Crippen LogP contribution in [0.1, 0.15) is 79.1 Å². The summed E-state index contributed by atoms with van der Waals surface area (Å²) < 4.78 is 0. The summed E-state index contributed by atoms with van der Waals surface area (Å²) in [6.07, 6.45) is 12.0. The molecule has 4 fully saturated rings. The summed E-state index contributed by atoms with van der Waals surface area (Å²) in [5.41, 5.74) is 1.16. The van der Waals surface area contributed by atoms with Crippen molar-refractivity contribution in [3.05, 3.63) is 0 Å². The second-order valence-electron chi connectivity index (χ2n) is 10.6. The van der Waals surface area contributed by atoms with Gasteiger partial charge in [0.25, 0.3) is 0 Å². The number of likely N-dealkylation sites (tertiary alicyclic amines) is 2. The third-order valence-corrected chi connectivity index (χ3v) is 8.59. The van der Waals surface area contributed by atoms with Crippen molar-refractivity contribution >= 4 is 0 Å². The minimum absolute atomic E-state index is 0.439. The van der Waals surface area contributed by atoms with Gasteiger partial charge < -0.3 is 4.90 Å². The lowest BCUT2D eigenvalue weighted by Crippen LogP contribution is -2.60. The van der Waals surface area contributed by atoms with Crippen molar-refractivity contribution in [2.24, 2.45) is 23.2 Å². The second-order valence-corrected chi connectivity index (χ2v) is 10.6. The van der Waals surface area contributed by atoms with E-state index in [-0.39, 0.29) is 0 Å². The fourth-order valence-electron chi connectivity index (χ4n) is 6.18. The van der Waals surface area contributed by atoms with Crippen LogP contribution in [-0.2, 0) is 0 Å². The smallest absolute Gasteiger partial charge is 0.0181 e. The third kappa shape index (κ3) is 3.18. The molecule has 0 aromatic rings. The van der Waals surface area contributed by atoms with Crippen LogP contribution in [0, 0.1) is 23.2 Å². The molecule has 0 amide bonds. The molecule has 1 spiro atoms. The van der Waals surface area contributed by atoms with Gasteiger partial charge in [0.1, 0.15) is 0 Å². The highest BCUT2D eigenvalue weighted by molar-refractivity contribution is 5.05. The van der Waals surface area contributed by atoms with Gasteiger partial charge in [-0.1, -0.05) is 0 Å². The number of piperidine rings is 2. The SMILES string of the molecule is CC(C)N1CCC2(CC1)CC(C(C)(C)N1CCC(C3CC3)CC1)C2. The quantitative estimate of drug-likeness (QED) is 0.730. The van der Waals surface area contributed by atoms with Crippen molar-refractivity contribution in [1.82, 2.24) is 9.80 Å². The van der Waals surface area contributed by atoms with E-state index >= 15 is 0 Å². The van der Waals surface area contributed by atoms with Crippen LogP contribution in [0.15, 0.2) is 0 Å². The lowest BCUT2D eigenvalue weighted by molar-refractivity contribution is -0.0918. The van der Waals surface area contributed by atoms with E-state index in [1.165, 1.54) is 77.5 Å². The summed E-state index contributed by atoms with van der Waals surface area (Å²) in [5.74, 6) is 3.14. The van der Waals surface area contributed by atoms with Gasteiger partial charge in [0, 0.05) is 11.6 Å². The predicted molar refractivity (Wildman–Crippen MR) is 102 cm³/mol. The topological polar surface area (TPSA) is 6.48 Å². The average Bonchev–Trinajstić information content (AvgIpc) is 3.37. The summed E-state index contributed by atoms with van der Waals surface area (Å²) in [6, 6.07) is 0.738. The molecule has 0 N–H and O–H groups in total. The summed E-state index contributed by atoms with van der Waals surface area (Å²) in [6.45, 7) is 15.3. The molecule has 2 aliphatic carbocycles. The first-order valence-electron chi connectivity index (χ1n) is 10.9. The summed E-state index contributed by atoms with van der Waals surface area (Å²) >= 11 is 0. The number of nitrogens with zero attached hydrogens (tertiary/aromatic N) is 2. The molecule has 2 nitrogen and oxygen atoms in total. The lowest BCUT2D eigenvalue weighted by Gasteiger charge is -2.60. The van der Waals surface area contributed by atoms with Crippen LogP contribution >= 0.6 is 0 Å². The maximum Gasteiger partial charge on any atom is 0.0181 e. The Bertz CT molecular complexity index is 427. The van der Waals surface area contributed by atoms with Gasteiger partial charge in [-0.25, -0.2) is 0 Å². The van der Waals surface area contributed by atoms with Gasteiger partial charge in [-0.15, -0.1) is 0 Å². The Labute approximate surface area is 150 Å². The highest BCUT2D eigenvalue weighted by Crippen LogP contribution is 2.57. The van der Waals surface area contributed by atoms with E-state index in [4.69, 9.17) is 0 Å². The maximum absolute atomic E-state index is 2.87. The third-order valence-electron chi connectivity index (χ3n) is 8.59. The van der Waals surface area contributed by atoms with Crippen LogP contribution < -0.4 is 0 Å². The molecule has 0 aromatic heterocycles. The van der Waals surface area contributed by atoms with Crippen LogP contribution in [0.4, 0.5) is 0 Å². The largest absolute Gasteiger partial charge is 0.301 e. The molecule has 2 saturated carbocycles. The highest BCUT2D eigenvalue weighted by atomic mass is 15.2. The fourth-order valence-corrected chi connectivity index (χ4v) is 6.18. The Kier molecular flexibility index (Phi) is 4.53. The van der Waals surface area contributed by atoms with Crippen LogP contribution in [0.25, 0.3) is 0 Å². The van der Waals surface area contributed by atoms with Crippen LogP contribution in [0.3, 0.4) is 0 Å². The standard InChI is InChI=1S/C22H40N2/c1-17(2)23-13-9-22(10-14-23)15-20(16-22)21(3,4)24-11-7-19(8-12-24)18-5-6-18/h17-20H,5-16H2,1-4H3. The van der Waals surface area contributed by atoms with Gasteiger partial charge in [-0.3, -0.25) is 4.90 Å². The van der Waals surface area contributed by atoms with Crippen molar-refractivity contribution in [3.8, 4) is 0 Å². The zero-order valence-corrected chi connectivity index (χ0v) is 16.7. The van der Waals surface area contributed by atoms with Gasteiger partial charge in [0.15, 0.2) is 0 Å². The van der Waals surface area contributed by atoms with Gasteiger partial charge >= 0.3 is 0 Å². The molecule has 2 saturated heterocycles. The molecule has 0 atom stereocenters. The Balaban J connectivity index is 1.28. The van der Waals surface area contributed by atoms with Crippen molar-refractivity contribution in [1.29, 1.82) is 0 Å².